The van der Waals surface area contributed by atoms with Crippen LogP contribution in [-0.2, 0) is 10.0 Å². The molecule has 0 aliphatic carbocycles. The third kappa shape index (κ3) is 3.24. The van der Waals surface area contributed by atoms with Crippen LogP contribution in [0.25, 0.3) is 0 Å². The van der Waals surface area contributed by atoms with E-state index in [0.717, 1.165) is 4.88 Å². The van der Waals surface area contributed by atoms with Crippen LogP contribution < -0.4 is 5.73 Å². The van der Waals surface area contributed by atoms with Crippen molar-refractivity contribution in [3.63, 3.8) is 0 Å². The molecule has 0 aliphatic heterocycles. The van der Waals surface area contributed by atoms with Gasteiger partial charge in [0.05, 0.1) is 11.0 Å². The summed E-state index contributed by atoms with van der Waals surface area (Å²) < 4.78 is 25.0. The van der Waals surface area contributed by atoms with Crippen molar-refractivity contribution in [1.29, 1.82) is 0 Å². The molecule has 0 aliphatic rings. The minimum absolute atomic E-state index is 0.00905. The Kier molecular flexibility index (Phi) is 4.43. The minimum Gasteiger partial charge on any atom is -0.392 e. The number of sulfonamides is 1. The van der Waals surface area contributed by atoms with Crippen LogP contribution in [0.4, 0.5) is 0 Å². The normalized spacial score (nSPS) is 13.9. The molecule has 16 heavy (non-hydrogen) atoms. The molecular weight excluding hydrogens is 264 g/mol. The number of nitrogens with zero attached hydrogens (tertiary/aromatic N) is 1. The molecule has 7 heteroatoms. The minimum atomic E-state index is -3.41. The average Bonchev–Trinajstić information content (AvgIpc) is 2.66. The Balaban J connectivity index is 2.85. The molecule has 1 heterocycles. The van der Waals surface area contributed by atoms with Crippen LogP contribution in [-0.4, -0.2) is 30.5 Å². The van der Waals surface area contributed by atoms with E-state index < -0.39 is 10.0 Å². The van der Waals surface area contributed by atoms with E-state index in [2.05, 4.69) is 12.2 Å². The van der Waals surface area contributed by atoms with Crippen molar-refractivity contribution in [2.75, 3.05) is 12.8 Å². The molecule has 1 unspecified atom stereocenters. The zero-order valence-corrected chi connectivity index (χ0v) is 11.5. The van der Waals surface area contributed by atoms with E-state index in [1.54, 1.807) is 0 Å². The zero-order chi connectivity index (χ0) is 12.3. The second-order valence-electron chi connectivity index (χ2n) is 3.43. The number of thiophene rings is 1. The summed E-state index contributed by atoms with van der Waals surface area (Å²) in [5, 5.41) is 1.92. The van der Waals surface area contributed by atoms with Crippen molar-refractivity contribution in [3.8, 4) is 0 Å². The summed E-state index contributed by atoms with van der Waals surface area (Å²) in [5.41, 5.74) is 5.26. The molecular formula is C9H14N2O2S3. The van der Waals surface area contributed by atoms with Gasteiger partial charge in [-0.25, -0.2) is 8.42 Å². The molecule has 1 aromatic heterocycles. The molecule has 4 nitrogen and oxygen atoms in total. The molecule has 1 aromatic rings. The fraction of sp³-hybridized carbons (Fsp3) is 0.444. The SMILES string of the molecule is CC(c1cccs1)N(C)S(=O)(=O)CC(N)=S. The van der Waals surface area contributed by atoms with Gasteiger partial charge in [0.2, 0.25) is 10.0 Å². The maximum Gasteiger partial charge on any atom is 0.220 e. The molecule has 1 atom stereocenters. The molecule has 2 N–H and O–H groups in total. The highest BCUT2D eigenvalue weighted by Crippen LogP contribution is 2.25. The molecule has 0 saturated carbocycles. The third-order valence-electron chi connectivity index (χ3n) is 2.26. The molecule has 0 aromatic carbocycles. The second kappa shape index (κ2) is 5.22. The number of nitrogens with two attached hydrogens (primary N) is 1. The maximum absolute atomic E-state index is 11.8. The zero-order valence-electron chi connectivity index (χ0n) is 9.08. The van der Waals surface area contributed by atoms with E-state index in [4.69, 9.17) is 5.73 Å². The Morgan fingerprint density at radius 3 is 2.75 bits per heavy atom. The van der Waals surface area contributed by atoms with E-state index in [1.165, 1.54) is 22.7 Å². The van der Waals surface area contributed by atoms with Gasteiger partial charge >= 0.3 is 0 Å². The molecule has 1 rings (SSSR count). The quantitative estimate of drug-likeness (QED) is 0.826. The smallest absolute Gasteiger partial charge is 0.220 e. The van der Waals surface area contributed by atoms with Crippen molar-refractivity contribution < 1.29 is 8.42 Å². The lowest BCUT2D eigenvalue weighted by atomic mass is 10.3. The molecule has 0 saturated heterocycles. The Morgan fingerprint density at radius 1 is 1.69 bits per heavy atom. The van der Waals surface area contributed by atoms with Crippen molar-refractivity contribution in [3.05, 3.63) is 22.4 Å². The van der Waals surface area contributed by atoms with E-state index in [9.17, 15) is 8.42 Å². The van der Waals surface area contributed by atoms with Crippen LogP contribution in [0.15, 0.2) is 17.5 Å². The fourth-order valence-corrected chi connectivity index (χ4v) is 3.73. The Morgan fingerprint density at radius 2 is 2.31 bits per heavy atom. The fourth-order valence-electron chi connectivity index (χ4n) is 1.23. The summed E-state index contributed by atoms with van der Waals surface area (Å²) >= 11 is 6.15. The van der Waals surface area contributed by atoms with Crippen molar-refractivity contribution in [2.24, 2.45) is 5.73 Å². The van der Waals surface area contributed by atoms with Crippen LogP contribution in [0.1, 0.15) is 17.8 Å². The predicted octanol–water partition coefficient (Wildman–Crippen LogP) is 1.36. The predicted molar refractivity (Wildman–Crippen MR) is 71.1 cm³/mol. The van der Waals surface area contributed by atoms with Crippen LogP contribution in [0.3, 0.4) is 0 Å². The van der Waals surface area contributed by atoms with Crippen LogP contribution >= 0.6 is 23.6 Å². The van der Waals surface area contributed by atoms with Gasteiger partial charge in [0.25, 0.3) is 0 Å². The first-order chi connectivity index (χ1) is 7.34. The summed E-state index contributed by atoms with van der Waals surface area (Å²) in [7, 11) is -1.87. The summed E-state index contributed by atoms with van der Waals surface area (Å²) in [4.78, 5) is 0.985. The van der Waals surface area contributed by atoms with Gasteiger partial charge in [0.1, 0.15) is 5.75 Å². The summed E-state index contributed by atoms with van der Waals surface area (Å²) in [6, 6.07) is 3.60. The Hall–Kier alpha value is -0.500. The largest absolute Gasteiger partial charge is 0.392 e. The summed E-state index contributed by atoms with van der Waals surface area (Å²) in [6.45, 7) is 1.84. The topological polar surface area (TPSA) is 63.4 Å². The molecule has 0 amide bonds. The number of rotatable bonds is 5. The highest BCUT2D eigenvalue weighted by Gasteiger charge is 2.25. The highest BCUT2D eigenvalue weighted by molar-refractivity contribution is 7.92. The van der Waals surface area contributed by atoms with Gasteiger partial charge < -0.3 is 5.73 Å². The first-order valence-corrected chi connectivity index (χ1v) is 7.51. The molecule has 0 fully saturated rings. The van der Waals surface area contributed by atoms with Gasteiger partial charge in [-0.05, 0) is 18.4 Å². The lowest BCUT2D eigenvalue weighted by Gasteiger charge is -2.23. The van der Waals surface area contributed by atoms with Crippen molar-refractivity contribution in [1.82, 2.24) is 4.31 Å². The maximum atomic E-state index is 11.8. The van der Waals surface area contributed by atoms with Crippen molar-refractivity contribution >= 4 is 38.6 Å². The third-order valence-corrected chi connectivity index (χ3v) is 5.50. The van der Waals surface area contributed by atoms with E-state index in [0.29, 0.717) is 0 Å². The van der Waals surface area contributed by atoms with Gasteiger partial charge in [-0.1, -0.05) is 18.3 Å². The first kappa shape index (κ1) is 13.6. The molecule has 0 bridgehead atoms. The molecule has 0 spiro atoms. The Labute approximate surface area is 105 Å². The molecule has 0 radical (unpaired) electrons. The van der Waals surface area contributed by atoms with Crippen LogP contribution in [0, 0.1) is 0 Å². The lowest BCUT2D eigenvalue weighted by Crippen LogP contribution is -2.35. The van der Waals surface area contributed by atoms with Gasteiger partial charge in [-0.2, -0.15) is 4.31 Å². The second-order valence-corrected chi connectivity index (χ2v) is 6.96. The lowest BCUT2D eigenvalue weighted by molar-refractivity contribution is 0.405. The van der Waals surface area contributed by atoms with Crippen LogP contribution in [0.5, 0.6) is 0 Å². The van der Waals surface area contributed by atoms with Crippen LogP contribution in [0.2, 0.25) is 0 Å². The van der Waals surface area contributed by atoms with Crippen molar-refractivity contribution in [2.45, 2.75) is 13.0 Å². The number of thiocarbonyl (C=S) groups is 1. The number of hydrogen-bond acceptors (Lipinski definition) is 4. The standard InChI is InChI=1S/C9H14N2O2S3/c1-7(8-4-3-5-15-8)11(2)16(12,13)6-9(10)14/h3-5,7H,6H2,1-2H3,(H2,10,14). The monoisotopic (exact) mass is 278 g/mol. The summed E-state index contributed by atoms with van der Waals surface area (Å²) in [6.07, 6.45) is 0. The van der Waals surface area contributed by atoms with Gasteiger partial charge in [-0.15, -0.1) is 11.3 Å². The highest BCUT2D eigenvalue weighted by atomic mass is 32.2. The first-order valence-electron chi connectivity index (χ1n) is 4.62. The molecule has 90 valence electrons. The van der Waals surface area contributed by atoms with E-state index in [-0.39, 0.29) is 16.8 Å². The Bertz CT molecular complexity index is 453. The average molecular weight is 278 g/mol. The van der Waals surface area contributed by atoms with E-state index in [1.807, 2.05) is 24.4 Å². The van der Waals surface area contributed by atoms with Gasteiger partial charge in [0.15, 0.2) is 0 Å². The van der Waals surface area contributed by atoms with E-state index >= 15 is 0 Å². The van der Waals surface area contributed by atoms with Gasteiger partial charge in [0, 0.05) is 11.9 Å². The summed E-state index contributed by atoms with van der Waals surface area (Å²) in [5.74, 6) is -0.283. The number of hydrogen-bond donors (Lipinski definition) is 1. The van der Waals surface area contributed by atoms with Gasteiger partial charge in [-0.3, -0.25) is 0 Å².